The van der Waals surface area contributed by atoms with Crippen LogP contribution >= 0.6 is 0 Å². The first kappa shape index (κ1) is 18.5. The summed E-state index contributed by atoms with van der Waals surface area (Å²) in [6.45, 7) is 8.71. The molecular weight excluding hydrogens is 352 g/mol. The van der Waals surface area contributed by atoms with Gasteiger partial charge in [-0.15, -0.1) is 0 Å². The van der Waals surface area contributed by atoms with Crippen LogP contribution in [0.25, 0.3) is 0 Å². The minimum Gasteiger partial charge on any atom is -0.507 e. The van der Waals surface area contributed by atoms with Gasteiger partial charge < -0.3 is 15.7 Å². The van der Waals surface area contributed by atoms with Gasteiger partial charge in [-0.1, -0.05) is 39.8 Å². The van der Waals surface area contributed by atoms with E-state index in [0.717, 1.165) is 18.5 Å². The lowest BCUT2D eigenvalue weighted by molar-refractivity contribution is 0.0977. The summed E-state index contributed by atoms with van der Waals surface area (Å²) in [5.74, 6) is 0.230. The van der Waals surface area contributed by atoms with E-state index in [2.05, 4.69) is 38.3 Å². The van der Waals surface area contributed by atoms with E-state index in [1.54, 1.807) is 18.2 Å². The number of fused-ring (bicyclic) bond motifs is 4. The fourth-order valence-electron chi connectivity index (χ4n) is 4.71. The summed E-state index contributed by atoms with van der Waals surface area (Å²) in [7, 11) is 0. The molecule has 5 heteroatoms. The van der Waals surface area contributed by atoms with Crippen LogP contribution in [0.5, 0.6) is 5.75 Å². The van der Waals surface area contributed by atoms with Crippen molar-refractivity contribution >= 4 is 22.9 Å². The Kier molecular flexibility index (Phi) is 4.21. The smallest absolute Gasteiger partial charge is 0.198 e. The topological polar surface area (TPSA) is 78.4 Å². The van der Waals surface area contributed by atoms with Crippen LogP contribution in [-0.2, 0) is 0 Å². The summed E-state index contributed by atoms with van der Waals surface area (Å²) in [6.07, 6.45) is 1.79. The Morgan fingerprint density at radius 1 is 0.857 bits per heavy atom. The summed E-state index contributed by atoms with van der Waals surface area (Å²) in [5, 5.41) is 17.3. The Labute approximate surface area is 165 Å². The molecule has 0 aromatic heterocycles. The molecule has 2 aromatic carbocycles. The number of carbonyl (C=O) groups is 2. The number of rotatable bonds is 4. The van der Waals surface area contributed by atoms with E-state index in [1.165, 1.54) is 6.07 Å². The van der Waals surface area contributed by atoms with Crippen molar-refractivity contribution in [1.29, 1.82) is 0 Å². The molecule has 0 saturated heterocycles. The molecule has 28 heavy (non-hydrogen) atoms. The van der Waals surface area contributed by atoms with E-state index in [-0.39, 0.29) is 34.1 Å². The van der Waals surface area contributed by atoms with Crippen molar-refractivity contribution in [2.75, 3.05) is 10.6 Å². The van der Waals surface area contributed by atoms with Crippen LogP contribution in [0.4, 0.5) is 11.4 Å². The molecule has 0 saturated carbocycles. The van der Waals surface area contributed by atoms with Gasteiger partial charge in [0.25, 0.3) is 0 Å². The highest BCUT2D eigenvalue weighted by Gasteiger charge is 2.42. The number of phenolic OH excluding ortho intramolecular Hbond substituents is 1. The molecule has 1 aliphatic carbocycles. The third kappa shape index (κ3) is 2.77. The highest BCUT2D eigenvalue weighted by molar-refractivity contribution is 6.31. The molecule has 1 heterocycles. The molecule has 2 aromatic rings. The zero-order chi connectivity index (χ0) is 20.2. The predicted molar refractivity (Wildman–Crippen MR) is 110 cm³/mol. The number of nitrogens with one attached hydrogen (secondary N) is 2. The largest absolute Gasteiger partial charge is 0.507 e. The van der Waals surface area contributed by atoms with Crippen LogP contribution < -0.4 is 10.6 Å². The van der Waals surface area contributed by atoms with Crippen molar-refractivity contribution in [2.24, 2.45) is 11.8 Å². The van der Waals surface area contributed by atoms with E-state index in [0.29, 0.717) is 28.7 Å². The minimum atomic E-state index is -0.345. The van der Waals surface area contributed by atoms with E-state index in [4.69, 9.17) is 0 Å². The minimum absolute atomic E-state index is 0.0986. The molecule has 0 radical (unpaired) electrons. The Morgan fingerprint density at radius 2 is 1.46 bits per heavy atom. The van der Waals surface area contributed by atoms with Crippen molar-refractivity contribution in [3.63, 3.8) is 0 Å². The van der Waals surface area contributed by atoms with Gasteiger partial charge in [0.2, 0.25) is 0 Å². The summed E-state index contributed by atoms with van der Waals surface area (Å²) in [4.78, 5) is 26.3. The fourth-order valence-corrected chi connectivity index (χ4v) is 4.71. The number of anilines is 2. The molecule has 0 amide bonds. The maximum atomic E-state index is 13.3. The number of hydrogen-bond donors (Lipinski definition) is 3. The van der Waals surface area contributed by atoms with Crippen LogP contribution in [0.15, 0.2) is 30.3 Å². The van der Waals surface area contributed by atoms with Gasteiger partial charge in [0.05, 0.1) is 22.5 Å². The first-order chi connectivity index (χ1) is 13.2. The number of aromatic hydroxyl groups is 1. The Morgan fingerprint density at radius 3 is 2.11 bits per heavy atom. The van der Waals surface area contributed by atoms with E-state index >= 15 is 0 Å². The SMILES string of the molecule is CC(C)CC1(CC(C)C)Nc2ccc3c(c2N1)C(=O)c1cccc(O)c1C3=O. The van der Waals surface area contributed by atoms with Gasteiger partial charge in [-0.2, -0.15) is 0 Å². The quantitative estimate of drug-likeness (QED) is 0.608. The third-order valence-corrected chi connectivity index (χ3v) is 5.44. The van der Waals surface area contributed by atoms with Crippen molar-refractivity contribution in [1.82, 2.24) is 0 Å². The van der Waals surface area contributed by atoms with Gasteiger partial charge in [-0.3, -0.25) is 9.59 Å². The van der Waals surface area contributed by atoms with Crippen LogP contribution in [0.2, 0.25) is 0 Å². The lowest BCUT2D eigenvalue weighted by Crippen LogP contribution is -2.44. The second-order valence-electron chi connectivity index (χ2n) is 8.80. The maximum Gasteiger partial charge on any atom is 0.198 e. The molecule has 0 spiro atoms. The fraction of sp³-hybridized carbons (Fsp3) is 0.391. The zero-order valence-electron chi connectivity index (χ0n) is 16.7. The normalized spacial score (nSPS) is 16.5. The first-order valence-corrected chi connectivity index (χ1v) is 9.87. The van der Waals surface area contributed by atoms with Crippen molar-refractivity contribution < 1.29 is 14.7 Å². The van der Waals surface area contributed by atoms with Crippen LogP contribution in [0, 0.1) is 11.8 Å². The standard InChI is InChI=1S/C23H26N2O3/c1-12(2)10-23(11-13(3)4)24-16-9-8-15-19(20(16)25-23)22(28)14-6-5-7-17(26)18(14)21(15)27/h5-9,12-13,24-26H,10-11H2,1-4H3. The van der Waals surface area contributed by atoms with Crippen LogP contribution in [-0.4, -0.2) is 22.3 Å². The van der Waals surface area contributed by atoms with Gasteiger partial charge in [0.15, 0.2) is 11.6 Å². The van der Waals surface area contributed by atoms with Gasteiger partial charge in [-0.25, -0.2) is 0 Å². The van der Waals surface area contributed by atoms with Gasteiger partial charge in [0.1, 0.15) is 11.4 Å². The number of phenols is 1. The Balaban J connectivity index is 1.84. The lowest BCUT2D eigenvalue weighted by atomic mass is 9.82. The maximum absolute atomic E-state index is 13.3. The molecule has 5 nitrogen and oxygen atoms in total. The average molecular weight is 378 g/mol. The Bertz CT molecular complexity index is 982. The molecule has 2 aliphatic rings. The monoisotopic (exact) mass is 378 g/mol. The van der Waals surface area contributed by atoms with Crippen LogP contribution in [0.1, 0.15) is 72.4 Å². The molecule has 0 bridgehead atoms. The highest BCUT2D eigenvalue weighted by Crippen LogP contribution is 2.46. The third-order valence-electron chi connectivity index (χ3n) is 5.44. The average Bonchev–Trinajstić information content (AvgIpc) is 2.94. The Hall–Kier alpha value is -2.82. The second kappa shape index (κ2) is 6.36. The van der Waals surface area contributed by atoms with Crippen molar-refractivity contribution in [2.45, 2.75) is 46.2 Å². The number of carbonyl (C=O) groups excluding carboxylic acids is 2. The number of hydrogen-bond acceptors (Lipinski definition) is 5. The predicted octanol–water partition coefficient (Wildman–Crippen LogP) is 4.79. The zero-order valence-corrected chi connectivity index (χ0v) is 16.7. The summed E-state index contributed by atoms with van der Waals surface area (Å²) in [5.41, 5.74) is 2.32. The van der Waals surface area contributed by atoms with Crippen molar-refractivity contribution in [3.8, 4) is 5.75 Å². The first-order valence-electron chi connectivity index (χ1n) is 9.87. The number of ketones is 2. The molecule has 146 valence electrons. The lowest BCUT2D eigenvalue weighted by Gasteiger charge is -2.34. The molecule has 0 atom stereocenters. The van der Waals surface area contributed by atoms with E-state index in [9.17, 15) is 14.7 Å². The van der Waals surface area contributed by atoms with Gasteiger partial charge in [0, 0.05) is 11.1 Å². The van der Waals surface area contributed by atoms with Gasteiger partial charge >= 0.3 is 0 Å². The summed E-state index contributed by atoms with van der Waals surface area (Å²) >= 11 is 0. The molecule has 1 aliphatic heterocycles. The van der Waals surface area contributed by atoms with Crippen molar-refractivity contribution in [3.05, 3.63) is 52.6 Å². The summed E-state index contributed by atoms with van der Waals surface area (Å²) < 4.78 is 0. The van der Waals surface area contributed by atoms with Gasteiger partial charge in [-0.05, 0) is 42.9 Å². The molecule has 0 unspecified atom stereocenters. The highest BCUT2D eigenvalue weighted by atomic mass is 16.3. The van der Waals surface area contributed by atoms with E-state index in [1.807, 2.05) is 6.07 Å². The van der Waals surface area contributed by atoms with E-state index < -0.39 is 0 Å². The number of benzene rings is 2. The summed E-state index contributed by atoms with van der Waals surface area (Å²) in [6, 6.07) is 8.20. The molecule has 3 N–H and O–H groups in total. The second-order valence-corrected chi connectivity index (χ2v) is 8.80. The molecule has 0 fully saturated rings. The molecule has 4 rings (SSSR count). The molecular formula is C23H26N2O3. The van der Waals surface area contributed by atoms with Crippen LogP contribution in [0.3, 0.4) is 0 Å².